The fraction of sp³-hybridized carbons (Fsp3) is 0.923. The number of nitrogens with one attached hydrogen (secondary N) is 1. The number of amides is 1. The molecule has 0 radical (unpaired) electrons. The highest BCUT2D eigenvalue weighted by Gasteiger charge is 2.34. The van der Waals surface area contributed by atoms with Crippen molar-refractivity contribution in [1.29, 1.82) is 0 Å². The molecule has 0 bridgehead atoms. The molecule has 6 nitrogen and oxygen atoms in total. The topological polar surface area (TPSA) is 75.7 Å². The lowest BCUT2D eigenvalue weighted by Crippen LogP contribution is -2.50. The van der Waals surface area contributed by atoms with E-state index in [-0.39, 0.29) is 18.2 Å². The van der Waals surface area contributed by atoms with Crippen LogP contribution in [0, 0.1) is 0 Å². The molecule has 0 spiro atoms. The van der Waals surface area contributed by atoms with Crippen LogP contribution in [-0.2, 0) is 14.8 Å². The molecule has 1 aliphatic rings. The zero-order chi connectivity index (χ0) is 15.6. The van der Waals surface area contributed by atoms with E-state index in [9.17, 15) is 13.2 Å². The minimum Gasteiger partial charge on any atom is -0.446 e. The van der Waals surface area contributed by atoms with E-state index in [1.165, 1.54) is 0 Å². The standard InChI is InChI=1S/C13H26N2O4S/c1-6-10(2)15-8-7-11(19-12(15)16)9-13(3,4)14-20(5,17)18/h10-11,14H,6-9H2,1-5H3. The Balaban J connectivity index is 2.59. The SMILES string of the molecule is CCC(C)N1CCC(CC(C)(C)NS(C)(=O)=O)OC1=O. The molecule has 0 aromatic rings. The molecule has 1 heterocycles. The van der Waals surface area contributed by atoms with Gasteiger partial charge in [0.05, 0.1) is 6.26 Å². The summed E-state index contributed by atoms with van der Waals surface area (Å²) >= 11 is 0. The Morgan fingerprint density at radius 1 is 1.50 bits per heavy atom. The van der Waals surface area contributed by atoms with Crippen LogP contribution in [0.2, 0.25) is 0 Å². The van der Waals surface area contributed by atoms with Gasteiger partial charge in [0.2, 0.25) is 10.0 Å². The highest BCUT2D eigenvalue weighted by atomic mass is 32.2. The van der Waals surface area contributed by atoms with Gasteiger partial charge < -0.3 is 9.64 Å². The summed E-state index contributed by atoms with van der Waals surface area (Å²) in [5, 5.41) is 0. The molecule has 1 fully saturated rings. The molecule has 0 aromatic carbocycles. The first-order valence-electron chi connectivity index (χ1n) is 7.00. The first-order chi connectivity index (χ1) is 9.04. The van der Waals surface area contributed by atoms with Crippen molar-refractivity contribution in [2.45, 2.75) is 64.6 Å². The number of carbonyl (C=O) groups is 1. The maximum Gasteiger partial charge on any atom is 0.410 e. The lowest BCUT2D eigenvalue weighted by atomic mass is 9.95. The first-order valence-corrected chi connectivity index (χ1v) is 8.89. The van der Waals surface area contributed by atoms with Crippen molar-refractivity contribution in [3.8, 4) is 0 Å². The number of ether oxygens (including phenoxy) is 1. The zero-order valence-electron chi connectivity index (χ0n) is 13.0. The van der Waals surface area contributed by atoms with Crippen LogP contribution in [0.25, 0.3) is 0 Å². The van der Waals surface area contributed by atoms with Crippen molar-refractivity contribution in [3.63, 3.8) is 0 Å². The number of nitrogens with zero attached hydrogens (tertiary/aromatic N) is 1. The highest BCUT2D eigenvalue weighted by molar-refractivity contribution is 7.88. The van der Waals surface area contributed by atoms with E-state index in [0.29, 0.717) is 13.0 Å². The van der Waals surface area contributed by atoms with Crippen LogP contribution in [0.4, 0.5) is 4.79 Å². The lowest BCUT2D eigenvalue weighted by molar-refractivity contribution is 0.00225. The van der Waals surface area contributed by atoms with E-state index in [4.69, 9.17) is 4.74 Å². The van der Waals surface area contributed by atoms with Gasteiger partial charge in [0.1, 0.15) is 6.10 Å². The van der Waals surface area contributed by atoms with Crippen LogP contribution in [-0.4, -0.2) is 49.9 Å². The molecule has 0 aromatic heterocycles. The molecule has 1 amide bonds. The van der Waals surface area contributed by atoms with Crippen LogP contribution < -0.4 is 4.72 Å². The summed E-state index contributed by atoms with van der Waals surface area (Å²) in [5.74, 6) is 0. The molecule has 7 heteroatoms. The number of carbonyl (C=O) groups excluding carboxylic acids is 1. The Morgan fingerprint density at radius 3 is 2.55 bits per heavy atom. The summed E-state index contributed by atoms with van der Waals surface area (Å²) in [6, 6.07) is 0.172. The number of sulfonamides is 1. The average Bonchev–Trinajstić information content (AvgIpc) is 2.24. The zero-order valence-corrected chi connectivity index (χ0v) is 13.8. The maximum absolute atomic E-state index is 11.9. The number of hydrogen-bond acceptors (Lipinski definition) is 4. The Kier molecular flexibility index (Phi) is 5.43. The summed E-state index contributed by atoms with van der Waals surface area (Å²) in [6.45, 7) is 8.28. The second-order valence-corrected chi connectivity index (χ2v) is 7.96. The molecule has 1 aliphatic heterocycles. The lowest BCUT2D eigenvalue weighted by Gasteiger charge is -2.38. The van der Waals surface area contributed by atoms with Gasteiger partial charge in [0.25, 0.3) is 0 Å². The molecule has 1 saturated heterocycles. The molecular weight excluding hydrogens is 280 g/mol. The normalized spacial score (nSPS) is 22.6. The third kappa shape index (κ3) is 5.28. The van der Waals surface area contributed by atoms with E-state index >= 15 is 0 Å². The third-order valence-corrected chi connectivity index (χ3v) is 4.44. The quantitative estimate of drug-likeness (QED) is 0.810. The molecule has 118 valence electrons. The van der Waals surface area contributed by atoms with Gasteiger partial charge in [-0.3, -0.25) is 0 Å². The monoisotopic (exact) mass is 306 g/mol. The van der Waals surface area contributed by atoms with Crippen molar-refractivity contribution in [2.75, 3.05) is 12.8 Å². The Hall–Kier alpha value is -0.820. The predicted octanol–water partition coefficient (Wildman–Crippen LogP) is 1.71. The van der Waals surface area contributed by atoms with Crippen molar-refractivity contribution in [2.24, 2.45) is 0 Å². The highest BCUT2D eigenvalue weighted by Crippen LogP contribution is 2.23. The fourth-order valence-electron chi connectivity index (χ4n) is 2.52. The van der Waals surface area contributed by atoms with E-state index in [0.717, 1.165) is 19.1 Å². The van der Waals surface area contributed by atoms with E-state index in [2.05, 4.69) is 4.72 Å². The van der Waals surface area contributed by atoms with Crippen LogP contribution in [0.1, 0.15) is 47.0 Å². The second kappa shape index (κ2) is 6.30. The summed E-state index contributed by atoms with van der Waals surface area (Å²) < 4.78 is 30.6. The van der Waals surface area contributed by atoms with Crippen LogP contribution >= 0.6 is 0 Å². The van der Waals surface area contributed by atoms with E-state index in [1.807, 2.05) is 13.8 Å². The van der Waals surface area contributed by atoms with Crippen molar-refractivity contribution in [3.05, 3.63) is 0 Å². The van der Waals surface area contributed by atoms with Gasteiger partial charge in [-0.25, -0.2) is 17.9 Å². The Morgan fingerprint density at radius 2 is 2.10 bits per heavy atom. The summed E-state index contributed by atoms with van der Waals surface area (Å²) in [4.78, 5) is 13.7. The van der Waals surface area contributed by atoms with Crippen molar-refractivity contribution in [1.82, 2.24) is 9.62 Å². The van der Waals surface area contributed by atoms with Crippen molar-refractivity contribution >= 4 is 16.1 Å². The average molecular weight is 306 g/mol. The predicted molar refractivity (Wildman–Crippen MR) is 78.0 cm³/mol. The smallest absolute Gasteiger partial charge is 0.410 e. The number of cyclic esters (lactones) is 1. The Labute approximate surface area is 121 Å². The molecule has 0 aliphatic carbocycles. The van der Waals surface area contributed by atoms with Gasteiger partial charge in [-0.05, 0) is 27.2 Å². The maximum atomic E-state index is 11.9. The molecule has 2 atom stereocenters. The van der Waals surface area contributed by atoms with Crippen LogP contribution in [0.3, 0.4) is 0 Å². The molecule has 1 rings (SSSR count). The molecule has 20 heavy (non-hydrogen) atoms. The van der Waals surface area contributed by atoms with Crippen LogP contribution in [0.15, 0.2) is 0 Å². The largest absolute Gasteiger partial charge is 0.446 e. The summed E-state index contributed by atoms with van der Waals surface area (Å²) in [7, 11) is -3.28. The van der Waals surface area contributed by atoms with Gasteiger partial charge in [-0.1, -0.05) is 6.92 Å². The fourth-order valence-corrected chi connectivity index (χ4v) is 3.61. The minimum absolute atomic E-state index is 0.172. The van der Waals surface area contributed by atoms with Gasteiger partial charge in [0, 0.05) is 31.0 Å². The van der Waals surface area contributed by atoms with Gasteiger partial charge in [-0.2, -0.15) is 0 Å². The van der Waals surface area contributed by atoms with Gasteiger partial charge in [-0.15, -0.1) is 0 Å². The molecular formula is C13H26N2O4S. The third-order valence-electron chi connectivity index (χ3n) is 3.52. The van der Waals surface area contributed by atoms with E-state index in [1.54, 1.807) is 18.7 Å². The molecule has 1 N–H and O–H groups in total. The Bertz CT molecular complexity index is 447. The summed E-state index contributed by atoms with van der Waals surface area (Å²) in [5.41, 5.74) is -0.628. The van der Waals surface area contributed by atoms with Gasteiger partial charge in [0.15, 0.2) is 0 Å². The van der Waals surface area contributed by atoms with E-state index < -0.39 is 15.6 Å². The molecule has 0 saturated carbocycles. The first kappa shape index (κ1) is 17.2. The van der Waals surface area contributed by atoms with Crippen LogP contribution in [0.5, 0.6) is 0 Å². The minimum atomic E-state index is -3.28. The number of rotatable bonds is 6. The number of hydrogen-bond donors (Lipinski definition) is 1. The second-order valence-electron chi connectivity index (χ2n) is 6.21. The van der Waals surface area contributed by atoms with Gasteiger partial charge >= 0.3 is 6.09 Å². The van der Waals surface area contributed by atoms with Crippen molar-refractivity contribution < 1.29 is 17.9 Å². The molecule has 2 unspecified atom stereocenters. The summed E-state index contributed by atoms with van der Waals surface area (Å²) in [6.07, 6.45) is 2.68.